The Hall–Kier alpha value is -4.18. The Morgan fingerprint density at radius 1 is 0.793 bits per heavy atom. The molecule has 0 saturated heterocycles. The Morgan fingerprint density at radius 2 is 1.34 bits per heavy atom. The molecule has 7 heteroatoms. The molecule has 0 aromatic heterocycles. The first-order valence-corrected chi connectivity index (χ1v) is 8.96. The summed E-state index contributed by atoms with van der Waals surface area (Å²) in [7, 11) is 3.27. The van der Waals surface area contributed by atoms with Crippen LogP contribution in [-0.4, -0.2) is 20.1 Å². The van der Waals surface area contributed by atoms with Gasteiger partial charge in [0.05, 0.1) is 37.2 Å². The molecule has 144 valence electrons. The summed E-state index contributed by atoms with van der Waals surface area (Å²) < 4.78 is 10.5. The molecule has 0 fully saturated rings. The molecule has 0 radical (unpaired) electrons. The van der Waals surface area contributed by atoms with E-state index in [0.29, 0.717) is 11.4 Å². The van der Waals surface area contributed by atoms with Crippen molar-refractivity contribution in [1.82, 2.24) is 5.43 Å². The maximum Gasteiger partial charge on any atom is 0.176 e. The number of hydrazone groups is 1. The molecule has 3 aromatic carbocycles. The summed E-state index contributed by atoms with van der Waals surface area (Å²) in [5, 5.41) is 17.4. The first-order chi connectivity index (χ1) is 14.2. The molecule has 7 nitrogen and oxygen atoms in total. The van der Waals surface area contributed by atoms with Crippen LogP contribution in [-0.2, 0) is 0 Å². The second-order valence-electron chi connectivity index (χ2n) is 6.25. The van der Waals surface area contributed by atoms with Crippen molar-refractivity contribution < 1.29 is 9.47 Å². The van der Waals surface area contributed by atoms with Crippen molar-refractivity contribution in [2.24, 2.45) is 5.10 Å². The zero-order valence-corrected chi connectivity index (χ0v) is 16.0. The average Bonchev–Trinajstić information content (AvgIpc) is 3.24. The number of hydrogen-bond donors (Lipinski definition) is 1. The van der Waals surface area contributed by atoms with E-state index in [2.05, 4.69) is 11.5 Å². The Morgan fingerprint density at radius 3 is 1.86 bits per heavy atom. The van der Waals surface area contributed by atoms with Gasteiger partial charge in [0.1, 0.15) is 11.5 Å². The topological polar surface area (TPSA) is 73.1 Å². The number of nitrogens with zero attached hydrogens (tertiary/aromatic N) is 4. The van der Waals surface area contributed by atoms with Crippen LogP contribution in [0.15, 0.2) is 77.9 Å². The molecule has 1 N–H and O–H groups in total. The quantitative estimate of drug-likeness (QED) is 0.722. The highest BCUT2D eigenvalue weighted by atomic mass is 16.5. The zero-order valence-electron chi connectivity index (χ0n) is 16.0. The minimum atomic E-state index is 0.603. The average molecular weight is 385 g/mol. The van der Waals surface area contributed by atoms with Crippen molar-refractivity contribution in [2.75, 3.05) is 24.5 Å². The van der Waals surface area contributed by atoms with Gasteiger partial charge in [0.25, 0.3) is 0 Å². The fourth-order valence-corrected chi connectivity index (χ4v) is 2.92. The molecule has 0 unspecified atom stereocenters. The van der Waals surface area contributed by atoms with Crippen LogP contribution < -0.4 is 25.1 Å². The Bertz CT molecular complexity index is 1050. The van der Waals surface area contributed by atoms with E-state index in [9.17, 15) is 0 Å². The number of nitriles is 1. The Labute approximate surface area is 168 Å². The van der Waals surface area contributed by atoms with Crippen molar-refractivity contribution in [3.05, 3.63) is 83.9 Å². The van der Waals surface area contributed by atoms with E-state index >= 15 is 0 Å². The molecule has 0 aliphatic carbocycles. The number of hydrazine groups is 2. The highest BCUT2D eigenvalue weighted by molar-refractivity contribution is 6.02. The van der Waals surface area contributed by atoms with Crippen molar-refractivity contribution in [3.8, 4) is 17.6 Å². The molecule has 1 aliphatic rings. The molecule has 4 rings (SSSR count). The normalized spacial score (nSPS) is 12.8. The number of rotatable bonds is 5. The number of amidine groups is 1. The molecule has 29 heavy (non-hydrogen) atoms. The summed E-state index contributed by atoms with van der Waals surface area (Å²) in [6.45, 7) is 0. The monoisotopic (exact) mass is 385 g/mol. The summed E-state index contributed by atoms with van der Waals surface area (Å²) in [5.41, 5.74) is 6.55. The van der Waals surface area contributed by atoms with Crippen LogP contribution >= 0.6 is 0 Å². The van der Waals surface area contributed by atoms with Crippen LogP contribution in [0.1, 0.15) is 11.1 Å². The lowest BCUT2D eigenvalue weighted by Gasteiger charge is -2.28. The van der Waals surface area contributed by atoms with Crippen LogP contribution in [0, 0.1) is 11.3 Å². The van der Waals surface area contributed by atoms with E-state index in [1.165, 1.54) is 0 Å². The molecule has 0 amide bonds. The summed E-state index contributed by atoms with van der Waals surface area (Å²) in [4.78, 5) is 0. The third-order valence-corrected chi connectivity index (χ3v) is 4.50. The number of nitrogens with one attached hydrogen (secondary N) is 1. The Kier molecular flexibility index (Phi) is 4.91. The molecule has 0 bridgehead atoms. The lowest BCUT2D eigenvalue weighted by Crippen LogP contribution is -2.44. The third-order valence-electron chi connectivity index (χ3n) is 4.50. The van der Waals surface area contributed by atoms with Gasteiger partial charge in [-0.15, -0.1) is 5.10 Å². The first kappa shape index (κ1) is 18.2. The largest absolute Gasteiger partial charge is 0.497 e. The van der Waals surface area contributed by atoms with Gasteiger partial charge in [0.2, 0.25) is 0 Å². The number of ether oxygens (including phenoxy) is 2. The van der Waals surface area contributed by atoms with Gasteiger partial charge < -0.3 is 9.47 Å². The molecular weight excluding hydrogens is 366 g/mol. The van der Waals surface area contributed by atoms with E-state index in [1.54, 1.807) is 31.5 Å². The van der Waals surface area contributed by atoms with Crippen LogP contribution in [0.2, 0.25) is 0 Å². The van der Waals surface area contributed by atoms with Gasteiger partial charge in [-0.3, -0.25) is 5.43 Å². The molecular formula is C22H19N5O2. The molecule has 0 atom stereocenters. The van der Waals surface area contributed by atoms with Gasteiger partial charge in [0.15, 0.2) is 5.84 Å². The van der Waals surface area contributed by atoms with Gasteiger partial charge in [-0.2, -0.15) is 15.5 Å². The highest BCUT2D eigenvalue weighted by Crippen LogP contribution is 2.28. The highest BCUT2D eigenvalue weighted by Gasteiger charge is 2.26. The Balaban J connectivity index is 1.71. The maximum atomic E-state index is 9.03. The van der Waals surface area contributed by atoms with E-state index < -0.39 is 0 Å². The van der Waals surface area contributed by atoms with Crippen molar-refractivity contribution in [2.45, 2.75) is 0 Å². The van der Waals surface area contributed by atoms with E-state index in [-0.39, 0.29) is 0 Å². The van der Waals surface area contributed by atoms with Crippen molar-refractivity contribution in [1.29, 1.82) is 5.26 Å². The van der Waals surface area contributed by atoms with Crippen LogP contribution in [0.5, 0.6) is 11.5 Å². The summed E-state index contributed by atoms with van der Waals surface area (Å²) in [5.74, 6) is 2.21. The van der Waals surface area contributed by atoms with E-state index in [4.69, 9.17) is 19.8 Å². The summed E-state index contributed by atoms with van der Waals surface area (Å²) in [6, 6.07) is 24.7. The lowest BCUT2D eigenvalue weighted by molar-refractivity contribution is 0.414. The second-order valence-corrected chi connectivity index (χ2v) is 6.25. The van der Waals surface area contributed by atoms with Gasteiger partial charge in [0, 0.05) is 5.56 Å². The van der Waals surface area contributed by atoms with Gasteiger partial charge in [-0.05, 0) is 72.8 Å². The summed E-state index contributed by atoms with van der Waals surface area (Å²) in [6.07, 6.45) is 0. The lowest BCUT2D eigenvalue weighted by atomic mass is 10.1. The van der Waals surface area contributed by atoms with Gasteiger partial charge >= 0.3 is 0 Å². The molecule has 0 spiro atoms. The van der Waals surface area contributed by atoms with Crippen molar-refractivity contribution in [3.63, 3.8) is 0 Å². The standard InChI is InChI=1S/C22H19N5O2/c1-28-20-11-7-18(8-12-20)26-24-22(17-5-3-16(15-23)4-6-17)25-27(26)19-9-13-21(29-2)14-10-19/h3-14H,1-2H3,(H,24,25). The molecule has 1 aliphatic heterocycles. The fraction of sp³-hybridized carbons (Fsp3) is 0.0909. The predicted molar refractivity (Wildman–Crippen MR) is 112 cm³/mol. The fourth-order valence-electron chi connectivity index (χ4n) is 2.92. The number of hydrogen-bond acceptors (Lipinski definition) is 7. The number of anilines is 2. The SMILES string of the molecule is COc1ccc(N2N=C(c3ccc(C#N)cc3)NN2c2ccc(OC)cc2)cc1. The predicted octanol–water partition coefficient (Wildman–Crippen LogP) is 3.68. The zero-order chi connectivity index (χ0) is 20.2. The first-order valence-electron chi connectivity index (χ1n) is 8.96. The summed E-state index contributed by atoms with van der Waals surface area (Å²) >= 11 is 0. The van der Waals surface area contributed by atoms with Crippen LogP contribution in [0.4, 0.5) is 11.4 Å². The second kappa shape index (κ2) is 7.82. The van der Waals surface area contributed by atoms with E-state index in [1.807, 2.05) is 65.8 Å². The molecule has 0 saturated carbocycles. The maximum absolute atomic E-state index is 9.03. The van der Waals surface area contributed by atoms with Gasteiger partial charge in [-0.25, -0.2) is 0 Å². The van der Waals surface area contributed by atoms with Crippen LogP contribution in [0.25, 0.3) is 0 Å². The minimum absolute atomic E-state index is 0.603. The molecule has 3 aromatic rings. The minimum Gasteiger partial charge on any atom is -0.497 e. The number of benzene rings is 3. The van der Waals surface area contributed by atoms with E-state index in [0.717, 1.165) is 28.4 Å². The smallest absolute Gasteiger partial charge is 0.176 e. The number of methoxy groups -OCH3 is 2. The van der Waals surface area contributed by atoms with Gasteiger partial charge in [-0.1, -0.05) is 0 Å². The van der Waals surface area contributed by atoms with Crippen molar-refractivity contribution >= 4 is 17.2 Å². The van der Waals surface area contributed by atoms with Crippen LogP contribution in [0.3, 0.4) is 0 Å². The molecule has 1 heterocycles. The third kappa shape index (κ3) is 3.64.